The maximum absolute atomic E-state index is 12.4. The predicted molar refractivity (Wildman–Crippen MR) is 83.8 cm³/mol. The molecule has 1 N–H and O–H groups in total. The summed E-state index contributed by atoms with van der Waals surface area (Å²) in [5, 5.41) is 10.7. The lowest BCUT2D eigenvalue weighted by atomic mass is 10.3. The molecule has 122 valence electrons. The van der Waals surface area contributed by atoms with Crippen molar-refractivity contribution in [1.82, 2.24) is 19.9 Å². The van der Waals surface area contributed by atoms with Crippen LogP contribution in [0.25, 0.3) is 0 Å². The first-order valence-corrected chi connectivity index (χ1v) is 7.34. The van der Waals surface area contributed by atoms with E-state index >= 15 is 0 Å². The number of nitrogens with one attached hydrogen (secondary N) is 1. The van der Waals surface area contributed by atoms with E-state index in [0.717, 1.165) is 6.42 Å². The largest absolute Gasteiger partial charge is 0.497 e. The number of rotatable bonds is 4. The van der Waals surface area contributed by atoms with Crippen molar-refractivity contribution in [3.63, 3.8) is 0 Å². The van der Waals surface area contributed by atoms with Crippen LogP contribution in [0.2, 0.25) is 0 Å². The quantitative estimate of drug-likeness (QED) is 0.929. The fourth-order valence-corrected chi connectivity index (χ4v) is 2.64. The molecule has 1 aromatic carbocycles. The first-order valence-electron chi connectivity index (χ1n) is 7.34. The minimum atomic E-state index is -0.150. The van der Waals surface area contributed by atoms with Crippen LogP contribution < -0.4 is 14.8 Å². The summed E-state index contributed by atoms with van der Waals surface area (Å²) in [7, 11) is 3.15. The molecular weight excluding hydrogens is 298 g/mol. The summed E-state index contributed by atoms with van der Waals surface area (Å²) in [5.41, 5.74) is 0.635. The number of hydrogen-bond acceptors (Lipinski definition) is 5. The Labute approximate surface area is 134 Å². The van der Waals surface area contributed by atoms with Crippen LogP contribution in [-0.4, -0.2) is 53.2 Å². The third kappa shape index (κ3) is 3.36. The first kappa shape index (κ1) is 15.1. The van der Waals surface area contributed by atoms with Gasteiger partial charge in [0.25, 0.3) is 0 Å². The van der Waals surface area contributed by atoms with Crippen LogP contribution in [0.5, 0.6) is 11.5 Å². The van der Waals surface area contributed by atoms with E-state index in [1.165, 1.54) is 0 Å². The lowest BCUT2D eigenvalue weighted by molar-refractivity contribution is 0.220. The SMILES string of the molecule is COc1cc(NC(=O)N2CCC(n3ccnn3)C2)cc(OC)c1. The van der Waals surface area contributed by atoms with Crippen LogP contribution in [0.15, 0.2) is 30.6 Å². The van der Waals surface area contributed by atoms with E-state index in [0.29, 0.717) is 30.3 Å². The summed E-state index contributed by atoms with van der Waals surface area (Å²) in [6.45, 7) is 1.29. The Kier molecular flexibility index (Phi) is 4.31. The highest BCUT2D eigenvalue weighted by Crippen LogP contribution is 2.27. The highest BCUT2D eigenvalue weighted by atomic mass is 16.5. The van der Waals surface area contributed by atoms with Gasteiger partial charge in [-0.25, -0.2) is 9.48 Å². The maximum Gasteiger partial charge on any atom is 0.321 e. The molecular formula is C15H19N5O3. The van der Waals surface area contributed by atoms with E-state index < -0.39 is 0 Å². The third-order valence-corrected chi connectivity index (χ3v) is 3.87. The van der Waals surface area contributed by atoms with Crippen LogP contribution in [0.3, 0.4) is 0 Å². The minimum absolute atomic E-state index is 0.150. The zero-order valence-electron chi connectivity index (χ0n) is 13.1. The molecule has 1 aromatic heterocycles. The molecule has 0 aliphatic carbocycles. The third-order valence-electron chi connectivity index (χ3n) is 3.87. The van der Waals surface area contributed by atoms with E-state index in [2.05, 4.69) is 15.6 Å². The summed E-state index contributed by atoms with van der Waals surface area (Å²) in [6, 6.07) is 5.29. The number of urea groups is 1. The zero-order chi connectivity index (χ0) is 16.2. The number of amides is 2. The van der Waals surface area contributed by atoms with Crippen LogP contribution in [-0.2, 0) is 0 Å². The Bertz CT molecular complexity index is 652. The monoisotopic (exact) mass is 317 g/mol. The van der Waals surface area contributed by atoms with Gasteiger partial charge in [0.1, 0.15) is 11.5 Å². The molecule has 2 amide bonds. The van der Waals surface area contributed by atoms with Gasteiger partial charge in [0.15, 0.2) is 0 Å². The van der Waals surface area contributed by atoms with Crippen LogP contribution in [0.1, 0.15) is 12.5 Å². The van der Waals surface area contributed by atoms with Gasteiger partial charge in [-0.2, -0.15) is 0 Å². The molecule has 1 fully saturated rings. The molecule has 2 aromatic rings. The Balaban J connectivity index is 1.65. The van der Waals surface area contributed by atoms with Crippen molar-refractivity contribution in [2.45, 2.75) is 12.5 Å². The summed E-state index contributed by atoms with van der Waals surface area (Å²) in [5.74, 6) is 1.25. The highest BCUT2D eigenvalue weighted by Gasteiger charge is 2.28. The second-order valence-corrected chi connectivity index (χ2v) is 5.30. The highest BCUT2D eigenvalue weighted by molar-refractivity contribution is 5.90. The molecule has 0 saturated carbocycles. The van der Waals surface area contributed by atoms with Crippen LogP contribution in [0.4, 0.5) is 10.5 Å². The average Bonchev–Trinajstić information content (AvgIpc) is 3.25. The van der Waals surface area contributed by atoms with Crippen molar-refractivity contribution in [3.8, 4) is 11.5 Å². The molecule has 8 heteroatoms. The van der Waals surface area contributed by atoms with E-state index in [9.17, 15) is 4.79 Å². The Hall–Kier alpha value is -2.77. The summed E-state index contributed by atoms with van der Waals surface area (Å²) in [6.07, 6.45) is 4.32. The van der Waals surface area contributed by atoms with Crippen molar-refractivity contribution < 1.29 is 14.3 Å². The number of methoxy groups -OCH3 is 2. The lowest BCUT2D eigenvalue weighted by Crippen LogP contribution is -2.33. The summed E-state index contributed by atoms with van der Waals surface area (Å²) < 4.78 is 12.2. The zero-order valence-corrected chi connectivity index (χ0v) is 13.1. The molecule has 0 spiro atoms. The number of ether oxygens (including phenoxy) is 2. The molecule has 1 unspecified atom stereocenters. The van der Waals surface area contributed by atoms with Crippen molar-refractivity contribution in [2.24, 2.45) is 0 Å². The standard InChI is InChI=1S/C15H19N5O3/c1-22-13-7-11(8-14(9-13)23-2)17-15(21)19-5-3-12(10-19)20-6-4-16-18-20/h4,6-9,12H,3,5,10H2,1-2H3,(H,17,21). The van der Waals surface area contributed by atoms with E-state index in [1.807, 2.05) is 6.20 Å². The molecule has 0 bridgehead atoms. The normalized spacial score (nSPS) is 17.1. The van der Waals surface area contributed by atoms with Gasteiger partial charge in [0.05, 0.1) is 26.5 Å². The smallest absolute Gasteiger partial charge is 0.321 e. The number of hydrogen-bond donors (Lipinski definition) is 1. The van der Waals surface area contributed by atoms with Gasteiger partial charge in [0, 0.05) is 43.2 Å². The Morgan fingerprint density at radius 1 is 1.26 bits per heavy atom. The minimum Gasteiger partial charge on any atom is -0.497 e. The van der Waals surface area contributed by atoms with Crippen LogP contribution >= 0.6 is 0 Å². The van der Waals surface area contributed by atoms with Crippen molar-refractivity contribution in [1.29, 1.82) is 0 Å². The number of likely N-dealkylation sites (tertiary alicyclic amines) is 1. The maximum atomic E-state index is 12.4. The second-order valence-electron chi connectivity index (χ2n) is 5.30. The fourth-order valence-electron chi connectivity index (χ4n) is 2.64. The Morgan fingerprint density at radius 3 is 2.61 bits per heavy atom. The van der Waals surface area contributed by atoms with Gasteiger partial charge in [-0.05, 0) is 6.42 Å². The molecule has 1 saturated heterocycles. The molecule has 0 radical (unpaired) electrons. The molecule has 2 heterocycles. The first-order chi connectivity index (χ1) is 11.2. The number of aromatic nitrogens is 3. The molecule has 1 aliphatic heterocycles. The summed E-state index contributed by atoms with van der Waals surface area (Å²) >= 11 is 0. The van der Waals surface area contributed by atoms with Gasteiger partial charge < -0.3 is 19.7 Å². The van der Waals surface area contributed by atoms with E-state index in [1.54, 1.807) is 48.2 Å². The molecule has 1 aliphatic rings. The van der Waals surface area contributed by atoms with E-state index in [-0.39, 0.29) is 12.1 Å². The fraction of sp³-hybridized carbons (Fsp3) is 0.400. The number of benzene rings is 1. The van der Waals surface area contributed by atoms with E-state index in [4.69, 9.17) is 9.47 Å². The van der Waals surface area contributed by atoms with Gasteiger partial charge in [-0.3, -0.25) is 0 Å². The number of carbonyl (C=O) groups is 1. The second kappa shape index (κ2) is 6.55. The Morgan fingerprint density at radius 2 is 2.00 bits per heavy atom. The number of anilines is 1. The number of carbonyl (C=O) groups excluding carboxylic acids is 1. The molecule has 1 atom stereocenters. The number of nitrogens with zero attached hydrogens (tertiary/aromatic N) is 4. The van der Waals surface area contributed by atoms with Gasteiger partial charge >= 0.3 is 6.03 Å². The predicted octanol–water partition coefficient (Wildman–Crippen LogP) is 1.77. The van der Waals surface area contributed by atoms with Gasteiger partial charge in [-0.1, -0.05) is 5.21 Å². The van der Waals surface area contributed by atoms with Crippen LogP contribution in [0, 0.1) is 0 Å². The van der Waals surface area contributed by atoms with Crippen molar-refractivity contribution >= 4 is 11.7 Å². The molecule has 8 nitrogen and oxygen atoms in total. The topological polar surface area (TPSA) is 81.5 Å². The van der Waals surface area contributed by atoms with Gasteiger partial charge in [0.2, 0.25) is 0 Å². The van der Waals surface area contributed by atoms with Crippen molar-refractivity contribution in [2.75, 3.05) is 32.6 Å². The molecule has 3 rings (SSSR count). The summed E-state index contributed by atoms with van der Waals surface area (Å²) in [4.78, 5) is 14.2. The molecule has 23 heavy (non-hydrogen) atoms. The van der Waals surface area contributed by atoms with Crippen molar-refractivity contribution in [3.05, 3.63) is 30.6 Å². The lowest BCUT2D eigenvalue weighted by Gasteiger charge is -2.18. The average molecular weight is 317 g/mol. The van der Waals surface area contributed by atoms with Gasteiger partial charge in [-0.15, -0.1) is 5.10 Å².